The molecule has 0 saturated heterocycles. The van der Waals surface area contributed by atoms with E-state index < -0.39 is 0 Å². The summed E-state index contributed by atoms with van der Waals surface area (Å²) in [5.41, 5.74) is 1.99. The second-order valence-corrected chi connectivity index (χ2v) is 5.46. The SMILES string of the molecule is CCOC(=O)C[C@H](c1ccccc1)c1ccc(Cl)c(Cl)c1. The first kappa shape index (κ1) is 15.9. The fourth-order valence-electron chi connectivity index (χ4n) is 2.23. The zero-order valence-corrected chi connectivity index (χ0v) is 13.2. The van der Waals surface area contributed by atoms with Gasteiger partial charge in [-0.2, -0.15) is 0 Å². The Morgan fingerprint density at radius 1 is 1.05 bits per heavy atom. The maximum absolute atomic E-state index is 11.9. The highest BCUT2D eigenvalue weighted by Crippen LogP contribution is 2.32. The number of rotatable bonds is 5. The van der Waals surface area contributed by atoms with Crippen LogP contribution < -0.4 is 0 Å². The van der Waals surface area contributed by atoms with E-state index in [0.29, 0.717) is 16.7 Å². The number of carbonyl (C=O) groups excluding carboxylic acids is 1. The zero-order valence-electron chi connectivity index (χ0n) is 11.7. The van der Waals surface area contributed by atoms with Crippen LogP contribution in [0.5, 0.6) is 0 Å². The largest absolute Gasteiger partial charge is 0.466 e. The predicted octanol–water partition coefficient (Wildman–Crippen LogP) is 5.08. The van der Waals surface area contributed by atoms with Gasteiger partial charge in [0.25, 0.3) is 0 Å². The molecule has 0 spiro atoms. The molecule has 2 nitrogen and oxygen atoms in total. The van der Waals surface area contributed by atoms with E-state index in [9.17, 15) is 4.79 Å². The summed E-state index contributed by atoms with van der Waals surface area (Å²) in [5, 5.41) is 0.988. The molecule has 0 saturated carbocycles. The summed E-state index contributed by atoms with van der Waals surface area (Å²) in [6, 6.07) is 15.3. The molecule has 110 valence electrons. The molecular weight excluding hydrogens is 307 g/mol. The molecule has 0 fully saturated rings. The summed E-state index contributed by atoms with van der Waals surface area (Å²) < 4.78 is 5.07. The minimum absolute atomic E-state index is 0.0972. The number of benzene rings is 2. The van der Waals surface area contributed by atoms with Crippen LogP contribution >= 0.6 is 23.2 Å². The van der Waals surface area contributed by atoms with Crippen LogP contribution in [0.1, 0.15) is 30.4 Å². The Labute approximate surface area is 134 Å². The van der Waals surface area contributed by atoms with Gasteiger partial charge in [0.2, 0.25) is 0 Å². The van der Waals surface area contributed by atoms with Gasteiger partial charge in [-0.1, -0.05) is 59.6 Å². The molecule has 0 aliphatic heterocycles. The number of ether oxygens (including phenoxy) is 1. The number of halogens is 2. The first-order valence-corrected chi connectivity index (χ1v) is 7.53. The topological polar surface area (TPSA) is 26.3 Å². The maximum atomic E-state index is 11.9. The quantitative estimate of drug-likeness (QED) is 0.717. The Morgan fingerprint density at radius 3 is 2.38 bits per heavy atom. The van der Waals surface area contributed by atoms with Gasteiger partial charge in [0.1, 0.15) is 0 Å². The summed E-state index contributed by atoms with van der Waals surface area (Å²) in [6.45, 7) is 2.18. The lowest BCUT2D eigenvalue weighted by Gasteiger charge is -2.18. The van der Waals surface area contributed by atoms with Crippen molar-refractivity contribution in [3.05, 3.63) is 69.7 Å². The van der Waals surface area contributed by atoms with E-state index in [4.69, 9.17) is 27.9 Å². The maximum Gasteiger partial charge on any atom is 0.306 e. The second-order valence-electron chi connectivity index (χ2n) is 4.65. The molecule has 0 radical (unpaired) electrons. The average molecular weight is 323 g/mol. The van der Waals surface area contributed by atoms with Gasteiger partial charge in [0.15, 0.2) is 0 Å². The molecule has 2 aromatic carbocycles. The number of carbonyl (C=O) groups is 1. The molecule has 1 atom stereocenters. The Morgan fingerprint density at radius 2 is 1.76 bits per heavy atom. The summed E-state index contributed by atoms with van der Waals surface area (Å²) in [4.78, 5) is 11.9. The highest BCUT2D eigenvalue weighted by Gasteiger charge is 2.19. The van der Waals surface area contributed by atoms with E-state index in [1.807, 2.05) is 36.4 Å². The molecule has 0 unspecified atom stereocenters. The van der Waals surface area contributed by atoms with Crippen LogP contribution in [-0.4, -0.2) is 12.6 Å². The fourth-order valence-corrected chi connectivity index (χ4v) is 2.54. The minimum Gasteiger partial charge on any atom is -0.466 e. The summed E-state index contributed by atoms with van der Waals surface area (Å²) in [7, 11) is 0. The number of hydrogen-bond acceptors (Lipinski definition) is 2. The van der Waals surface area contributed by atoms with Crippen molar-refractivity contribution in [3.63, 3.8) is 0 Å². The van der Waals surface area contributed by atoms with E-state index in [0.717, 1.165) is 11.1 Å². The lowest BCUT2D eigenvalue weighted by atomic mass is 9.88. The molecule has 0 heterocycles. The van der Waals surface area contributed by atoms with Gasteiger partial charge in [-0.3, -0.25) is 4.79 Å². The molecule has 21 heavy (non-hydrogen) atoms. The second kappa shape index (κ2) is 7.48. The van der Waals surface area contributed by atoms with Crippen molar-refractivity contribution in [1.82, 2.24) is 0 Å². The summed E-state index contributed by atoms with van der Waals surface area (Å²) in [6.07, 6.45) is 0.274. The van der Waals surface area contributed by atoms with Crippen molar-refractivity contribution < 1.29 is 9.53 Å². The highest BCUT2D eigenvalue weighted by atomic mass is 35.5. The molecule has 2 aromatic rings. The molecular formula is C17H16Cl2O2. The zero-order chi connectivity index (χ0) is 15.2. The highest BCUT2D eigenvalue weighted by molar-refractivity contribution is 6.42. The molecule has 0 amide bonds. The van der Waals surface area contributed by atoms with E-state index in [-0.39, 0.29) is 18.3 Å². The van der Waals surface area contributed by atoms with Gasteiger partial charge < -0.3 is 4.74 Å². The minimum atomic E-state index is -0.225. The first-order valence-electron chi connectivity index (χ1n) is 6.77. The predicted molar refractivity (Wildman–Crippen MR) is 86.0 cm³/mol. The van der Waals surface area contributed by atoms with Crippen molar-refractivity contribution in [1.29, 1.82) is 0 Å². The molecule has 0 aliphatic carbocycles. The van der Waals surface area contributed by atoms with E-state index in [2.05, 4.69) is 0 Å². The molecule has 0 aromatic heterocycles. The van der Waals surface area contributed by atoms with Crippen molar-refractivity contribution in [2.45, 2.75) is 19.3 Å². The third-order valence-electron chi connectivity index (χ3n) is 3.22. The lowest BCUT2D eigenvalue weighted by Crippen LogP contribution is -2.11. The smallest absolute Gasteiger partial charge is 0.306 e. The monoisotopic (exact) mass is 322 g/mol. The van der Waals surface area contributed by atoms with E-state index in [1.54, 1.807) is 19.1 Å². The first-order chi connectivity index (χ1) is 10.1. The van der Waals surface area contributed by atoms with Gasteiger partial charge in [0, 0.05) is 5.92 Å². The van der Waals surface area contributed by atoms with Gasteiger partial charge in [-0.05, 0) is 30.2 Å². The fraction of sp³-hybridized carbons (Fsp3) is 0.235. The van der Waals surface area contributed by atoms with Gasteiger partial charge in [0.05, 0.1) is 23.1 Å². The number of hydrogen-bond donors (Lipinski definition) is 0. The van der Waals surface area contributed by atoms with E-state index >= 15 is 0 Å². The van der Waals surface area contributed by atoms with Crippen molar-refractivity contribution >= 4 is 29.2 Å². The standard InChI is InChI=1S/C17H16Cl2O2/c1-2-21-17(20)11-14(12-6-4-3-5-7-12)13-8-9-15(18)16(19)10-13/h3-10,14H,2,11H2,1H3/t14-/m1/s1. The van der Waals surface area contributed by atoms with Gasteiger partial charge >= 0.3 is 5.97 Å². The molecule has 0 bridgehead atoms. The van der Waals surface area contributed by atoms with Crippen LogP contribution in [0.2, 0.25) is 10.0 Å². The van der Waals surface area contributed by atoms with Crippen LogP contribution in [0.3, 0.4) is 0 Å². The molecule has 2 rings (SSSR count). The third kappa shape index (κ3) is 4.23. The number of esters is 1. The molecule has 0 N–H and O–H groups in total. The van der Waals surface area contributed by atoms with Crippen molar-refractivity contribution in [2.75, 3.05) is 6.61 Å². The van der Waals surface area contributed by atoms with Crippen molar-refractivity contribution in [2.24, 2.45) is 0 Å². The van der Waals surface area contributed by atoms with Crippen LogP contribution in [0.25, 0.3) is 0 Å². The van der Waals surface area contributed by atoms with Crippen LogP contribution in [-0.2, 0) is 9.53 Å². The Balaban J connectivity index is 2.35. The van der Waals surface area contributed by atoms with Gasteiger partial charge in [-0.15, -0.1) is 0 Å². The molecule has 4 heteroatoms. The normalized spacial score (nSPS) is 12.0. The lowest BCUT2D eigenvalue weighted by molar-refractivity contribution is -0.143. The molecule has 0 aliphatic rings. The summed E-state index contributed by atoms with van der Waals surface area (Å²) in [5.74, 6) is -0.322. The Kier molecular flexibility index (Phi) is 5.66. The Bertz CT molecular complexity index is 611. The van der Waals surface area contributed by atoms with E-state index in [1.165, 1.54) is 0 Å². The van der Waals surface area contributed by atoms with Gasteiger partial charge in [-0.25, -0.2) is 0 Å². The summed E-state index contributed by atoms with van der Waals surface area (Å²) >= 11 is 12.1. The van der Waals surface area contributed by atoms with Crippen LogP contribution in [0.4, 0.5) is 0 Å². The van der Waals surface area contributed by atoms with Crippen molar-refractivity contribution in [3.8, 4) is 0 Å². The van der Waals surface area contributed by atoms with Crippen LogP contribution in [0.15, 0.2) is 48.5 Å². The Hall–Kier alpha value is -1.51. The van der Waals surface area contributed by atoms with Crippen LogP contribution in [0, 0.1) is 0 Å². The third-order valence-corrected chi connectivity index (χ3v) is 3.96. The average Bonchev–Trinajstić information content (AvgIpc) is 2.49.